The van der Waals surface area contributed by atoms with Crippen LogP contribution < -0.4 is 0 Å². The highest BCUT2D eigenvalue weighted by Gasteiger charge is 2.06. The Morgan fingerprint density at radius 2 is 1.67 bits per heavy atom. The minimum atomic E-state index is -0.292. The van der Waals surface area contributed by atoms with Crippen molar-refractivity contribution < 1.29 is 5.11 Å². The second kappa shape index (κ2) is 6.66. The smallest absolute Gasteiger partial charge is 0.0583 e. The van der Waals surface area contributed by atoms with Gasteiger partial charge in [-0.1, -0.05) is 28.1 Å². The zero-order valence-corrected chi connectivity index (χ0v) is 11.7. The average Bonchev–Trinajstić information content (AvgIpc) is 2.40. The zero-order valence-electron chi connectivity index (χ0n) is 10.1. The number of halogens is 1. The Bertz CT molecular complexity index is 470. The Kier molecular flexibility index (Phi) is 4.90. The van der Waals surface area contributed by atoms with Crippen LogP contribution in [0.25, 0.3) is 0 Å². The first-order chi connectivity index (χ1) is 8.74. The molecule has 1 N–H and O–H groups in total. The van der Waals surface area contributed by atoms with Crippen LogP contribution in [0.3, 0.4) is 0 Å². The van der Waals surface area contributed by atoms with Gasteiger partial charge in [0, 0.05) is 16.9 Å². The van der Waals surface area contributed by atoms with Crippen LogP contribution in [-0.4, -0.2) is 16.2 Å². The first kappa shape index (κ1) is 13.2. The molecule has 0 saturated carbocycles. The molecule has 0 spiro atoms. The predicted octanol–water partition coefficient (Wildman–Crippen LogP) is 3.38. The molecule has 1 unspecified atom stereocenters. The number of rotatable bonds is 5. The topological polar surface area (TPSA) is 33.1 Å². The van der Waals surface area contributed by atoms with Crippen LogP contribution in [0, 0.1) is 0 Å². The van der Waals surface area contributed by atoms with E-state index in [-0.39, 0.29) is 6.10 Å². The molecule has 1 aromatic carbocycles. The van der Waals surface area contributed by atoms with E-state index in [4.69, 9.17) is 0 Å². The molecule has 0 aliphatic rings. The highest BCUT2D eigenvalue weighted by Crippen LogP contribution is 2.13. The standard InChI is InChI=1S/C15H16BrNO/c16-14-4-1-13(2-5-14)11-15(18)6-3-12-7-9-17-10-8-12/h1-2,4-5,7-10,15,18H,3,6,11H2. The minimum absolute atomic E-state index is 0.292. The van der Waals surface area contributed by atoms with Crippen molar-refractivity contribution in [1.82, 2.24) is 4.98 Å². The quantitative estimate of drug-likeness (QED) is 0.918. The van der Waals surface area contributed by atoms with E-state index in [0.29, 0.717) is 6.42 Å². The number of aliphatic hydroxyl groups excluding tert-OH is 1. The van der Waals surface area contributed by atoms with Gasteiger partial charge in [0.25, 0.3) is 0 Å². The van der Waals surface area contributed by atoms with Gasteiger partial charge >= 0.3 is 0 Å². The van der Waals surface area contributed by atoms with Gasteiger partial charge in [0.2, 0.25) is 0 Å². The van der Waals surface area contributed by atoms with E-state index in [1.807, 2.05) is 36.4 Å². The van der Waals surface area contributed by atoms with Crippen molar-refractivity contribution >= 4 is 15.9 Å². The molecule has 0 saturated heterocycles. The van der Waals surface area contributed by atoms with Crippen LogP contribution in [0.15, 0.2) is 53.3 Å². The molecule has 94 valence electrons. The van der Waals surface area contributed by atoms with Crippen molar-refractivity contribution in [3.63, 3.8) is 0 Å². The molecule has 18 heavy (non-hydrogen) atoms. The first-order valence-electron chi connectivity index (χ1n) is 6.05. The summed E-state index contributed by atoms with van der Waals surface area (Å²) < 4.78 is 1.07. The fourth-order valence-corrected chi connectivity index (χ4v) is 2.14. The lowest BCUT2D eigenvalue weighted by Gasteiger charge is -2.10. The van der Waals surface area contributed by atoms with Gasteiger partial charge < -0.3 is 5.11 Å². The fraction of sp³-hybridized carbons (Fsp3) is 0.267. The normalized spacial score (nSPS) is 12.3. The number of aromatic nitrogens is 1. The van der Waals surface area contributed by atoms with E-state index in [0.717, 1.165) is 17.3 Å². The van der Waals surface area contributed by atoms with Gasteiger partial charge in [0.1, 0.15) is 0 Å². The maximum atomic E-state index is 10.0. The summed E-state index contributed by atoms with van der Waals surface area (Å²) in [5, 5.41) is 10.0. The highest BCUT2D eigenvalue weighted by atomic mass is 79.9. The summed E-state index contributed by atoms with van der Waals surface area (Å²) >= 11 is 3.40. The average molecular weight is 306 g/mol. The van der Waals surface area contributed by atoms with Gasteiger partial charge in [-0.05, 0) is 54.7 Å². The van der Waals surface area contributed by atoms with E-state index in [1.165, 1.54) is 11.1 Å². The fourth-order valence-electron chi connectivity index (χ4n) is 1.88. The number of aryl methyl sites for hydroxylation is 1. The molecule has 0 bridgehead atoms. The van der Waals surface area contributed by atoms with Crippen LogP contribution in [-0.2, 0) is 12.8 Å². The van der Waals surface area contributed by atoms with Crippen molar-refractivity contribution in [3.8, 4) is 0 Å². The lowest BCUT2D eigenvalue weighted by molar-refractivity contribution is 0.165. The largest absolute Gasteiger partial charge is 0.393 e. The molecule has 0 aliphatic heterocycles. The third-order valence-corrected chi connectivity index (χ3v) is 3.43. The van der Waals surface area contributed by atoms with E-state index >= 15 is 0 Å². The Balaban J connectivity index is 1.82. The molecule has 2 aromatic rings. The van der Waals surface area contributed by atoms with E-state index in [9.17, 15) is 5.11 Å². The monoisotopic (exact) mass is 305 g/mol. The summed E-state index contributed by atoms with van der Waals surface area (Å²) in [6.45, 7) is 0. The molecule has 2 nitrogen and oxygen atoms in total. The van der Waals surface area contributed by atoms with Crippen LogP contribution in [0.2, 0.25) is 0 Å². The molecule has 3 heteroatoms. The maximum absolute atomic E-state index is 10.0. The first-order valence-corrected chi connectivity index (χ1v) is 6.85. The lowest BCUT2D eigenvalue weighted by Crippen LogP contribution is -2.11. The minimum Gasteiger partial charge on any atom is -0.393 e. The summed E-state index contributed by atoms with van der Waals surface area (Å²) in [7, 11) is 0. The van der Waals surface area contributed by atoms with Gasteiger partial charge in [0.05, 0.1) is 6.10 Å². The molecular weight excluding hydrogens is 290 g/mol. The van der Waals surface area contributed by atoms with Crippen LogP contribution in [0.1, 0.15) is 17.5 Å². The molecule has 1 aromatic heterocycles. The SMILES string of the molecule is OC(CCc1ccncc1)Cc1ccc(Br)cc1. The van der Waals surface area contributed by atoms with Crippen molar-refractivity contribution in [1.29, 1.82) is 0 Å². The molecule has 1 heterocycles. The number of pyridine rings is 1. The third kappa shape index (κ3) is 4.24. The van der Waals surface area contributed by atoms with Gasteiger partial charge in [-0.15, -0.1) is 0 Å². The Morgan fingerprint density at radius 3 is 2.33 bits per heavy atom. The molecule has 0 radical (unpaired) electrons. The van der Waals surface area contributed by atoms with Gasteiger partial charge in [-0.25, -0.2) is 0 Å². The van der Waals surface area contributed by atoms with Crippen molar-refractivity contribution in [3.05, 3.63) is 64.4 Å². The number of hydrogen-bond acceptors (Lipinski definition) is 2. The summed E-state index contributed by atoms with van der Waals surface area (Å²) in [4.78, 5) is 3.98. The molecule has 0 aliphatic carbocycles. The summed E-state index contributed by atoms with van der Waals surface area (Å²) in [5.74, 6) is 0. The van der Waals surface area contributed by atoms with Crippen molar-refractivity contribution in [2.24, 2.45) is 0 Å². The highest BCUT2D eigenvalue weighted by molar-refractivity contribution is 9.10. The zero-order chi connectivity index (χ0) is 12.8. The van der Waals surface area contributed by atoms with Gasteiger partial charge in [-0.2, -0.15) is 0 Å². The third-order valence-electron chi connectivity index (χ3n) is 2.90. The summed E-state index contributed by atoms with van der Waals surface area (Å²) in [5.41, 5.74) is 2.39. The van der Waals surface area contributed by atoms with Gasteiger partial charge in [0.15, 0.2) is 0 Å². The number of aliphatic hydroxyl groups is 1. The second-order valence-corrected chi connectivity index (χ2v) is 5.29. The summed E-state index contributed by atoms with van der Waals surface area (Å²) in [6.07, 6.45) is 5.66. The van der Waals surface area contributed by atoms with E-state index < -0.39 is 0 Å². The van der Waals surface area contributed by atoms with E-state index in [2.05, 4.69) is 20.9 Å². The van der Waals surface area contributed by atoms with Crippen LogP contribution >= 0.6 is 15.9 Å². The number of hydrogen-bond donors (Lipinski definition) is 1. The number of nitrogens with zero attached hydrogens (tertiary/aromatic N) is 1. The number of benzene rings is 1. The Morgan fingerprint density at radius 1 is 1.00 bits per heavy atom. The van der Waals surface area contributed by atoms with Gasteiger partial charge in [-0.3, -0.25) is 4.98 Å². The van der Waals surface area contributed by atoms with E-state index in [1.54, 1.807) is 12.4 Å². The molecule has 2 rings (SSSR count). The molecule has 1 atom stereocenters. The summed E-state index contributed by atoms with van der Waals surface area (Å²) in [6, 6.07) is 12.1. The Hall–Kier alpha value is -1.19. The van der Waals surface area contributed by atoms with Crippen LogP contribution in [0.4, 0.5) is 0 Å². The molecule has 0 amide bonds. The Labute approximate surface area is 116 Å². The van der Waals surface area contributed by atoms with Crippen molar-refractivity contribution in [2.75, 3.05) is 0 Å². The van der Waals surface area contributed by atoms with Crippen molar-refractivity contribution in [2.45, 2.75) is 25.4 Å². The molecule has 0 fully saturated rings. The second-order valence-electron chi connectivity index (χ2n) is 4.38. The lowest BCUT2D eigenvalue weighted by atomic mass is 10.0. The molecular formula is C15H16BrNO. The van der Waals surface area contributed by atoms with Crippen LogP contribution in [0.5, 0.6) is 0 Å². The maximum Gasteiger partial charge on any atom is 0.0583 e. The predicted molar refractivity (Wildman–Crippen MR) is 76.4 cm³/mol.